The molecule has 10 heteroatoms. The van der Waals surface area contributed by atoms with Crippen molar-refractivity contribution in [3.05, 3.63) is 88.4 Å². The lowest BCUT2D eigenvalue weighted by atomic mass is 9.91. The van der Waals surface area contributed by atoms with E-state index < -0.39 is 39.4 Å². The SMILES string of the molecule is Cc1cccc(-c2nc(C(F)(F)F)ccc2CCC(=O)C(C)c2ccc(CCS(N)(=O)=O)c(F)c2)c1. The summed E-state index contributed by atoms with van der Waals surface area (Å²) in [6.45, 7) is 3.44. The zero-order chi connectivity index (χ0) is 26.7. The highest BCUT2D eigenvalue weighted by atomic mass is 32.2. The van der Waals surface area contributed by atoms with E-state index in [9.17, 15) is 30.8 Å². The van der Waals surface area contributed by atoms with Crippen LogP contribution < -0.4 is 5.14 Å². The van der Waals surface area contributed by atoms with Gasteiger partial charge in [-0.05, 0) is 54.7 Å². The molecule has 3 aromatic rings. The first-order chi connectivity index (χ1) is 16.7. The van der Waals surface area contributed by atoms with Crippen LogP contribution in [0.25, 0.3) is 11.3 Å². The highest BCUT2D eigenvalue weighted by molar-refractivity contribution is 7.89. The molecule has 1 atom stereocenters. The second-order valence-electron chi connectivity index (χ2n) is 8.73. The van der Waals surface area contributed by atoms with Crippen LogP contribution in [-0.2, 0) is 33.8 Å². The standard InChI is InChI=1S/C26H26F4N2O3S/c1-16-4-3-5-21(14-16)25-19(9-11-24(32-25)26(28,29)30)8-10-23(33)17(2)20-7-6-18(22(27)15-20)12-13-36(31,34)35/h3-7,9,11,14-15,17H,8,10,12-13H2,1-2H3,(H2,31,34,35). The van der Waals surface area contributed by atoms with E-state index in [1.807, 2.05) is 13.0 Å². The topological polar surface area (TPSA) is 90.1 Å². The minimum atomic E-state index is -4.61. The molecule has 0 saturated heterocycles. The van der Waals surface area contributed by atoms with Gasteiger partial charge in [0.25, 0.3) is 0 Å². The molecule has 192 valence electrons. The highest BCUT2D eigenvalue weighted by Gasteiger charge is 2.33. The Morgan fingerprint density at radius 2 is 1.72 bits per heavy atom. The maximum Gasteiger partial charge on any atom is 0.433 e. The van der Waals surface area contributed by atoms with E-state index in [-0.39, 0.29) is 36.3 Å². The van der Waals surface area contributed by atoms with E-state index in [1.54, 1.807) is 31.2 Å². The first kappa shape index (κ1) is 27.5. The highest BCUT2D eigenvalue weighted by Crippen LogP contribution is 2.32. The first-order valence-electron chi connectivity index (χ1n) is 11.2. The molecule has 36 heavy (non-hydrogen) atoms. The van der Waals surface area contributed by atoms with Gasteiger partial charge in [-0.2, -0.15) is 13.2 Å². The fourth-order valence-electron chi connectivity index (χ4n) is 3.84. The van der Waals surface area contributed by atoms with Gasteiger partial charge in [-0.25, -0.2) is 22.9 Å². The Morgan fingerprint density at radius 1 is 1.03 bits per heavy atom. The lowest BCUT2D eigenvalue weighted by Crippen LogP contribution is -2.18. The Morgan fingerprint density at radius 3 is 2.33 bits per heavy atom. The molecular formula is C26H26F4N2O3S. The van der Waals surface area contributed by atoms with Crippen LogP contribution >= 0.6 is 0 Å². The van der Waals surface area contributed by atoms with Gasteiger partial charge in [-0.15, -0.1) is 0 Å². The fourth-order valence-corrected chi connectivity index (χ4v) is 4.34. The lowest BCUT2D eigenvalue weighted by Gasteiger charge is -2.15. The Labute approximate surface area is 207 Å². The predicted octanol–water partition coefficient (Wildman–Crippen LogP) is 5.35. The van der Waals surface area contributed by atoms with Crippen LogP contribution in [0.15, 0.2) is 54.6 Å². The number of ketones is 1. The van der Waals surface area contributed by atoms with Crippen LogP contribution in [0.1, 0.15) is 47.2 Å². The molecule has 0 saturated carbocycles. The molecule has 0 spiro atoms. The van der Waals surface area contributed by atoms with Crippen molar-refractivity contribution in [2.24, 2.45) is 5.14 Å². The third-order valence-electron chi connectivity index (χ3n) is 5.92. The molecule has 2 aromatic carbocycles. The number of nitrogens with zero attached hydrogens (tertiary/aromatic N) is 1. The molecule has 0 radical (unpaired) electrons. The van der Waals surface area contributed by atoms with Crippen LogP contribution in [0, 0.1) is 12.7 Å². The average molecular weight is 523 g/mol. The van der Waals surface area contributed by atoms with Gasteiger partial charge in [0.1, 0.15) is 17.3 Å². The number of aryl methyl sites for hydroxylation is 3. The largest absolute Gasteiger partial charge is 0.433 e. The average Bonchev–Trinajstić information content (AvgIpc) is 2.80. The monoisotopic (exact) mass is 522 g/mol. The van der Waals surface area contributed by atoms with Gasteiger partial charge in [0.05, 0.1) is 11.4 Å². The number of pyridine rings is 1. The van der Waals surface area contributed by atoms with Crippen molar-refractivity contribution in [1.29, 1.82) is 0 Å². The number of Topliss-reactive ketones (excluding diaryl/α,β-unsaturated/α-hetero) is 1. The number of nitrogens with two attached hydrogens (primary N) is 1. The molecule has 1 heterocycles. The molecule has 1 aromatic heterocycles. The third-order valence-corrected chi connectivity index (χ3v) is 6.69. The van der Waals surface area contributed by atoms with Gasteiger partial charge in [0.2, 0.25) is 10.0 Å². The summed E-state index contributed by atoms with van der Waals surface area (Å²) in [5.74, 6) is -1.93. The van der Waals surface area contributed by atoms with Gasteiger partial charge >= 0.3 is 6.18 Å². The molecule has 0 fully saturated rings. The van der Waals surface area contributed by atoms with Gasteiger partial charge in [-0.3, -0.25) is 4.79 Å². The molecule has 0 aliphatic rings. The normalized spacial score (nSPS) is 13.0. The Balaban J connectivity index is 1.78. The minimum Gasteiger partial charge on any atom is -0.299 e. The summed E-state index contributed by atoms with van der Waals surface area (Å²) >= 11 is 0. The van der Waals surface area contributed by atoms with E-state index in [4.69, 9.17) is 5.14 Å². The smallest absolute Gasteiger partial charge is 0.299 e. The number of primary sulfonamides is 1. The lowest BCUT2D eigenvalue weighted by molar-refractivity contribution is -0.141. The summed E-state index contributed by atoms with van der Waals surface area (Å²) in [6, 6.07) is 13.4. The van der Waals surface area contributed by atoms with E-state index in [2.05, 4.69) is 4.98 Å². The number of aromatic nitrogens is 1. The quantitative estimate of drug-likeness (QED) is 0.384. The van der Waals surface area contributed by atoms with Gasteiger partial charge in [-0.1, -0.05) is 48.9 Å². The van der Waals surface area contributed by atoms with E-state index in [0.29, 0.717) is 16.7 Å². The van der Waals surface area contributed by atoms with Crippen LogP contribution in [0.3, 0.4) is 0 Å². The number of hydrogen-bond donors (Lipinski definition) is 1. The molecule has 3 rings (SSSR count). The zero-order valence-corrected chi connectivity index (χ0v) is 20.6. The fraction of sp³-hybridized carbons (Fsp3) is 0.308. The zero-order valence-electron chi connectivity index (χ0n) is 19.8. The van der Waals surface area contributed by atoms with E-state index >= 15 is 0 Å². The molecule has 2 N–H and O–H groups in total. The predicted molar refractivity (Wildman–Crippen MR) is 129 cm³/mol. The van der Waals surface area contributed by atoms with Crippen molar-refractivity contribution in [1.82, 2.24) is 4.98 Å². The van der Waals surface area contributed by atoms with Crippen molar-refractivity contribution in [3.63, 3.8) is 0 Å². The Kier molecular flexibility index (Phi) is 8.30. The number of rotatable bonds is 9. The second kappa shape index (κ2) is 10.9. The van der Waals surface area contributed by atoms with Crippen molar-refractivity contribution >= 4 is 15.8 Å². The molecular weight excluding hydrogens is 496 g/mol. The second-order valence-corrected chi connectivity index (χ2v) is 10.5. The number of carbonyl (C=O) groups is 1. The number of benzene rings is 2. The summed E-state index contributed by atoms with van der Waals surface area (Å²) in [4.78, 5) is 16.7. The van der Waals surface area contributed by atoms with Crippen molar-refractivity contribution < 1.29 is 30.8 Å². The van der Waals surface area contributed by atoms with Gasteiger partial charge in [0.15, 0.2) is 0 Å². The summed E-state index contributed by atoms with van der Waals surface area (Å²) < 4.78 is 76.6. The van der Waals surface area contributed by atoms with Crippen molar-refractivity contribution in [2.75, 3.05) is 5.75 Å². The first-order valence-corrected chi connectivity index (χ1v) is 12.9. The number of halogens is 4. The van der Waals surface area contributed by atoms with E-state index in [0.717, 1.165) is 11.6 Å². The van der Waals surface area contributed by atoms with Crippen molar-refractivity contribution in [2.45, 2.75) is 45.2 Å². The summed E-state index contributed by atoms with van der Waals surface area (Å²) in [5.41, 5.74) is 1.62. The number of sulfonamides is 1. The van der Waals surface area contributed by atoms with Crippen LogP contribution in [0.2, 0.25) is 0 Å². The molecule has 0 bridgehead atoms. The number of hydrogen-bond acceptors (Lipinski definition) is 4. The van der Waals surface area contributed by atoms with E-state index in [1.165, 1.54) is 18.2 Å². The molecule has 0 amide bonds. The third kappa shape index (κ3) is 7.20. The number of alkyl halides is 3. The van der Waals surface area contributed by atoms with Gasteiger partial charge < -0.3 is 0 Å². The molecule has 0 aliphatic carbocycles. The van der Waals surface area contributed by atoms with Gasteiger partial charge in [0, 0.05) is 17.9 Å². The maximum atomic E-state index is 14.5. The summed E-state index contributed by atoms with van der Waals surface area (Å²) in [5, 5.41) is 4.96. The summed E-state index contributed by atoms with van der Waals surface area (Å²) in [7, 11) is -3.74. The molecule has 1 unspecified atom stereocenters. The maximum absolute atomic E-state index is 14.5. The molecule has 5 nitrogen and oxygen atoms in total. The minimum absolute atomic E-state index is 0.0157. The van der Waals surface area contributed by atoms with Crippen LogP contribution in [0.4, 0.5) is 17.6 Å². The number of carbonyl (C=O) groups excluding carboxylic acids is 1. The Bertz CT molecular complexity index is 1370. The molecule has 0 aliphatic heterocycles. The van der Waals surface area contributed by atoms with Crippen LogP contribution in [-0.4, -0.2) is 24.9 Å². The van der Waals surface area contributed by atoms with Crippen molar-refractivity contribution in [3.8, 4) is 11.3 Å². The Hall–Kier alpha value is -3.11. The summed E-state index contributed by atoms with van der Waals surface area (Å²) in [6.07, 6.45) is -4.52. The van der Waals surface area contributed by atoms with Crippen LogP contribution in [0.5, 0.6) is 0 Å².